The van der Waals surface area contributed by atoms with Crippen molar-refractivity contribution in [3.63, 3.8) is 0 Å². The highest BCUT2D eigenvalue weighted by molar-refractivity contribution is 4.94. The van der Waals surface area contributed by atoms with Crippen LogP contribution in [0.2, 0.25) is 0 Å². The Labute approximate surface area is 97.1 Å². The summed E-state index contributed by atoms with van der Waals surface area (Å²) in [7, 11) is 0. The summed E-state index contributed by atoms with van der Waals surface area (Å²) in [6, 6.07) is 0. The molecule has 0 aromatic rings. The molecule has 0 aromatic heterocycles. The molecule has 1 fully saturated rings. The highest BCUT2D eigenvalue weighted by atomic mass is 16.7. The summed E-state index contributed by atoms with van der Waals surface area (Å²) in [5, 5.41) is 3.09. The molecule has 1 saturated heterocycles. The summed E-state index contributed by atoms with van der Waals surface area (Å²) < 4.78 is 11.0. The Balaban J connectivity index is 2.05. The number of rotatable bonds is 7. The van der Waals surface area contributed by atoms with E-state index < -0.39 is 0 Å². The second kappa shape index (κ2) is 8.38. The average Bonchev–Trinajstić information content (AvgIpc) is 2.33. The van der Waals surface area contributed by atoms with Gasteiger partial charge >= 0.3 is 0 Å². The molecule has 5 N–H and O–H groups in total. The summed E-state index contributed by atoms with van der Waals surface area (Å²) in [5.74, 6) is 0. The Hall–Kier alpha value is -0.780. The lowest BCUT2D eigenvalue weighted by atomic mass is 10.2. The maximum atomic E-state index is 5.76. The van der Waals surface area contributed by atoms with Crippen LogP contribution in [0.25, 0.3) is 0 Å². The largest absolute Gasteiger partial charge is 0.399 e. The number of nitrogens with two attached hydrogens (primary N) is 2. The average molecular weight is 229 g/mol. The molecule has 1 atom stereocenters. The number of hydrogen-bond donors (Lipinski definition) is 3. The Morgan fingerprint density at radius 3 is 3.06 bits per heavy atom. The summed E-state index contributed by atoms with van der Waals surface area (Å²) in [5.41, 5.74) is 11.8. The van der Waals surface area contributed by atoms with Gasteiger partial charge in [0, 0.05) is 19.4 Å². The van der Waals surface area contributed by atoms with Gasteiger partial charge in [-0.25, -0.2) is 0 Å². The molecule has 1 aliphatic heterocycles. The van der Waals surface area contributed by atoms with Gasteiger partial charge in [-0.15, -0.1) is 0 Å². The summed E-state index contributed by atoms with van der Waals surface area (Å²) in [4.78, 5) is 0. The van der Waals surface area contributed by atoms with Gasteiger partial charge < -0.3 is 26.3 Å². The maximum Gasteiger partial charge on any atom is 0.158 e. The van der Waals surface area contributed by atoms with Crippen LogP contribution in [0, 0.1) is 0 Å². The van der Waals surface area contributed by atoms with Crippen molar-refractivity contribution < 1.29 is 9.47 Å². The van der Waals surface area contributed by atoms with E-state index in [2.05, 4.69) is 5.32 Å². The standard InChI is InChI=1S/C11H23N3O2/c12-5-3-6-14-8-10(13)9-16-11-4-1-2-7-15-11/h8,11,14H,1-7,9,12-13H2/b10-8-. The van der Waals surface area contributed by atoms with Crippen LogP contribution in [-0.2, 0) is 9.47 Å². The molecule has 1 heterocycles. The molecular weight excluding hydrogens is 206 g/mol. The number of ether oxygens (including phenoxy) is 2. The van der Waals surface area contributed by atoms with Gasteiger partial charge in [-0.3, -0.25) is 0 Å². The monoisotopic (exact) mass is 229 g/mol. The predicted octanol–water partition coefficient (Wildman–Crippen LogP) is 0.268. The van der Waals surface area contributed by atoms with E-state index in [1.54, 1.807) is 6.20 Å². The molecule has 94 valence electrons. The third-order valence-electron chi connectivity index (χ3n) is 2.39. The normalized spacial score (nSPS) is 22.1. The molecule has 1 aliphatic rings. The lowest BCUT2D eigenvalue weighted by Crippen LogP contribution is -2.25. The van der Waals surface area contributed by atoms with Crippen molar-refractivity contribution in [3.8, 4) is 0 Å². The summed E-state index contributed by atoms with van der Waals surface area (Å²) >= 11 is 0. The molecule has 1 rings (SSSR count). The summed E-state index contributed by atoms with van der Waals surface area (Å²) in [6.07, 6.45) is 5.90. The van der Waals surface area contributed by atoms with E-state index in [4.69, 9.17) is 20.9 Å². The Morgan fingerprint density at radius 1 is 1.50 bits per heavy atom. The zero-order valence-corrected chi connectivity index (χ0v) is 9.78. The first-order valence-corrected chi connectivity index (χ1v) is 5.94. The molecule has 0 amide bonds. The van der Waals surface area contributed by atoms with E-state index >= 15 is 0 Å². The minimum Gasteiger partial charge on any atom is -0.399 e. The summed E-state index contributed by atoms with van der Waals surface area (Å²) in [6.45, 7) is 2.74. The van der Waals surface area contributed by atoms with Crippen LogP contribution in [0.4, 0.5) is 0 Å². The zero-order valence-electron chi connectivity index (χ0n) is 9.78. The van der Waals surface area contributed by atoms with E-state index in [1.165, 1.54) is 6.42 Å². The first-order chi connectivity index (χ1) is 7.83. The van der Waals surface area contributed by atoms with Gasteiger partial charge in [-0.1, -0.05) is 0 Å². The van der Waals surface area contributed by atoms with Gasteiger partial charge in [-0.05, 0) is 32.2 Å². The molecule has 0 spiro atoms. The molecule has 1 unspecified atom stereocenters. The minimum absolute atomic E-state index is 0.0789. The first-order valence-electron chi connectivity index (χ1n) is 5.94. The molecule has 0 bridgehead atoms. The number of hydrogen-bond acceptors (Lipinski definition) is 5. The smallest absolute Gasteiger partial charge is 0.158 e. The second-order valence-corrected chi connectivity index (χ2v) is 3.92. The van der Waals surface area contributed by atoms with E-state index in [9.17, 15) is 0 Å². The molecule has 0 saturated carbocycles. The van der Waals surface area contributed by atoms with Crippen molar-refractivity contribution in [1.82, 2.24) is 5.32 Å². The first kappa shape index (κ1) is 13.3. The lowest BCUT2D eigenvalue weighted by molar-refractivity contribution is -0.157. The van der Waals surface area contributed by atoms with Crippen molar-refractivity contribution in [1.29, 1.82) is 0 Å². The maximum absolute atomic E-state index is 5.76. The van der Waals surface area contributed by atoms with Crippen LogP contribution in [0.1, 0.15) is 25.7 Å². The number of nitrogens with one attached hydrogen (secondary N) is 1. The lowest BCUT2D eigenvalue weighted by Gasteiger charge is -2.22. The highest BCUT2D eigenvalue weighted by Gasteiger charge is 2.13. The minimum atomic E-state index is -0.0789. The van der Waals surface area contributed by atoms with Crippen LogP contribution >= 0.6 is 0 Å². The molecule has 5 nitrogen and oxygen atoms in total. The topological polar surface area (TPSA) is 82.5 Å². The van der Waals surface area contributed by atoms with Gasteiger partial charge in [0.05, 0.1) is 12.3 Å². The van der Waals surface area contributed by atoms with Crippen molar-refractivity contribution in [2.24, 2.45) is 11.5 Å². The van der Waals surface area contributed by atoms with Crippen LogP contribution in [0.15, 0.2) is 11.9 Å². The molecule has 0 radical (unpaired) electrons. The quantitative estimate of drug-likeness (QED) is 0.546. The fourth-order valence-electron chi connectivity index (χ4n) is 1.48. The SMILES string of the molecule is NCCCN/C=C(\N)COC1CCCCO1. The van der Waals surface area contributed by atoms with E-state index in [0.717, 1.165) is 32.4 Å². The molecule has 16 heavy (non-hydrogen) atoms. The zero-order chi connectivity index (χ0) is 11.6. The van der Waals surface area contributed by atoms with Gasteiger partial charge in [0.25, 0.3) is 0 Å². The third kappa shape index (κ3) is 5.95. The van der Waals surface area contributed by atoms with Crippen molar-refractivity contribution in [2.45, 2.75) is 32.0 Å². The van der Waals surface area contributed by atoms with Crippen molar-refractivity contribution in [2.75, 3.05) is 26.3 Å². The molecule has 0 aromatic carbocycles. The van der Waals surface area contributed by atoms with Crippen molar-refractivity contribution >= 4 is 0 Å². The predicted molar refractivity (Wildman–Crippen MR) is 63.5 cm³/mol. The van der Waals surface area contributed by atoms with Gasteiger partial charge in [0.2, 0.25) is 0 Å². The van der Waals surface area contributed by atoms with E-state index in [1.807, 2.05) is 0 Å². The van der Waals surface area contributed by atoms with Crippen molar-refractivity contribution in [3.05, 3.63) is 11.9 Å². The third-order valence-corrected chi connectivity index (χ3v) is 2.39. The second-order valence-electron chi connectivity index (χ2n) is 3.92. The van der Waals surface area contributed by atoms with Crippen LogP contribution in [-0.4, -0.2) is 32.6 Å². The van der Waals surface area contributed by atoms with Gasteiger partial charge in [0.15, 0.2) is 6.29 Å². The molecule has 0 aliphatic carbocycles. The molecule has 5 heteroatoms. The Kier molecular flexibility index (Phi) is 6.96. The van der Waals surface area contributed by atoms with Crippen LogP contribution in [0.3, 0.4) is 0 Å². The van der Waals surface area contributed by atoms with Crippen LogP contribution < -0.4 is 16.8 Å². The van der Waals surface area contributed by atoms with Gasteiger partial charge in [0.1, 0.15) is 0 Å². The van der Waals surface area contributed by atoms with E-state index in [0.29, 0.717) is 18.8 Å². The fourth-order valence-corrected chi connectivity index (χ4v) is 1.48. The van der Waals surface area contributed by atoms with E-state index in [-0.39, 0.29) is 6.29 Å². The molecular formula is C11H23N3O2. The highest BCUT2D eigenvalue weighted by Crippen LogP contribution is 2.13. The van der Waals surface area contributed by atoms with Gasteiger partial charge in [-0.2, -0.15) is 0 Å². The van der Waals surface area contributed by atoms with Crippen LogP contribution in [0.5, 0.6) is 0 Å². The fraction of sp³-hybridized carbons (Fsp3) is 0.818. The Morgan fingerprint density at radius 2 is 2.38 bits per heavy atom. The Bertz CT molecular complexity index is 203.